The molecule has 1 aliphatic rings. The van der Waals surface area contributed by atoms with E-state index < -0.39 is 6.17 Å². The molecule has 1 aromatic heterocycles. The molecule has 0 saturated heterocycles. The Labute approximate surface area is 182 Å². The summed E-state index contributed by atoms with van der Waals surface area (Å²) in [5, 5.41) is 7.48. The van der Waals surface area contributed by atoms with Crippen molar-refractivity contribution in [3.8, 4) is 0 Å². The molecule has 3 aromatic rings. The molecule has 0 radical (unpaired) electrons. The van der Waals surface area contributed by atoms with Gasteiger partial charge in [-0.2, -0.15) is 5.10 Å². The van der Waals surface area contributed by atoms with Crippen LogP contribution < -0.4 is 10.2 Å². The third-order valence-electron chi connectivity index (χ3n) is 5.89. The minimum absolute atomic E-state index is 0.0663. The monoisotopic (exact) mass is 417 g/mol. The van der Waals surface area contributed by atoms with Crippen LogP contribution in [0.15, 0.2) is 54.6 Å². The second-order valence-corrected chi connectivity index (χ2v) is 7.84. The standard InChI is InChI=1S/C24H27N5O2/c1-16-22(17(2)29(26-16)14-18-10-6-5-7-11-18)23-27(4)24(31)19-12-8-9-13-20(19)28(23)15-21(30)25-3/h5-13,23H,14-15H2,1-4H3,(H,25,30). The van der Waals surface area contributed by atoms with Gasteiger partial charge in [0.15, 0.2) is 0 Å². The van der Waals surface area contributed by atoms with Crippen molar-refractivity contribution in [2.45, 2.75) is 26.6 Å². The van der Waals surface area contributed by atoms with E-state index >= 15 is 0 Å². The quantitative estimate of drug-likeness (QED) is 0.693. The molecule has 1 aliphatic heterocycles. The van der Waals surface area contributed by atoms with Crippen LogP contribution >= 0.6 is 0 Å². The number of likely N-dealkylation sites (N-methyl/N-ethyl adjacent to an activating group) is 1. The van der Waals surface area contributed by atoms with E-state index in [1.54, 1.807) is 25.1 Å². The lowest BCUT2D eigenvalue weighted by molar-refractivity contribution is -0.119. The van der Waals surface area contributed by atoms with Gasteiger partial charge >= 0.3 is 0 Å². The molecule has 1 unspecified atom stereocenters. The van der Waals surface area contributed by atoms with Gasteiger partial charge in [0, 0.05) is 25.4 Å². The molecule has 7 nitrogen and oxygen atoms in total. The molecular weight excluding hydrogens is 390 g/mol. The number of aromatic nitrogens is 2. The highest BCUT2D eigenvalue weighted by atomic mass is 16.2. The summed E-state index contributed by atoms with van der Waals surface area (Å²) in [7, 11) is 3.41. The molecule has 0 spiro atoms. The Kier molecular flexibility index (Phi) is 5.50. The largest absolute Gasteiger partial charge is 0.358 e. The average molecular weight is 418 g/mol. The van der Waals surface area contributed by atoms with Crippen molar-refractivity contribution in [2.75, 3.05) is 25.5 Å². The van der Waals surface area contributed by atoms with Crippen LogP contribution in [0.4, 0.5) is 5.69 Å². The lowest BCUT2D eigenvalue weighted by Gasteiger charge is -2.44. The zero-order chi connectivity index (χ0) is 22.1. The third-order valence-corrected chi connectivity index (χ3v) is 5.89. The number of aryl methyl sites for hydroxylation is 1. The van der Waals surface area contributed by atoms with Gasteiger partial charge in [0.2, 0.25) is 5.91 Å². The Bertz CT molecular complexity index is 1120. The fourth-order valence-corrected chi connectivity index (χ4v) is 4.30. The molecule has 2 amide bonds. The molecule has 0 bridgehead atoms. The number of hydrogen-bond acceptors (Lipinski definition) is 4. The lowest BCUT2D eigenvalue weighted by Crippen LogP contribution is -2.50. The van der Waals surface area contributed by atoms with Crippen molar-refractivity contribution in [1.29, 1.82) is 0 Å². The van der Waals surface area contributed by atoms with Crippen molar-refractivity contribution in [1.82, 2.24) is 20.0 Å². The first-order valence-electron chi connectivity index (χ1n) is 10.3. The summed E-state index contributed by atoms with van der Waals surface area (Å²) >= 11 is 0. The van der Waals surface area contributed by atoms with E-state index in [-0.39, 0.29) is 18.4 Å². The Balaban J connectivity index is 1.81. The van der Waals surface area contributed by atoms with E-state index in [0.717, 1.165) is 28.2 Å². The number of nitrogens with one attached hydrogen (secondary N) is 1. The van der Waals surface area contributed by atoms with E-state index in [4.69, 9.17) is 5.10 Å². The predicted molar refractivity (Wildman–Crippen MR) is 120 cm³/mol. The maximum absolute atomic E-state index is 13.2. The van der Waals surface area contributed by atoms with Crippen molar-refractivity contribution in [2.24, 2.45) is 0 Å². The number of carbonyl (C=O) groups is 2. The zero-order valence-corrected chi connectivity index (χ0v) is 18.3. The highest BCUT2D eigenvalue weighted by molar-refractivity contribution is 6.02. The summed E-state index contributed by atoms with van der Waals surface area (Å²) < 4.78 is 1.97. The minimum Gasteiger partial charge on any atom is -0.358 e. The smallest absolute Gasteiger partial charge is 0.257 e. The minimum atomic E-state index is -0.427. The highest BCUT2D eigenvalue weighted by Gasteiger charge is 2.39. The number of hydrogen-bond donors (Lipinski definition) is 1. The topological polar surface area (TPSA) is 70.5 Å². The van der Waals surface area contributed by atoms with Crippen LogP contribution in [0, 0.1) is 13.8 Å². The normalized spacial score (nSPS) is 15.7. The van der Waals surface area contributed by atoms with E-state index in [2.05, 4.69) is 17.4 Å². The number of para-hydroxylation sites is 1. The Morgan fingerprint density at radius 2 is 1.74 bits per heavy atom. The molecule has 1 N–H and O–H groups in total. The van der Waals surface area contributed by atoms with Gasteiger partial charge in [-0.25, -0.2) is 0 Å². The number of anilines is 1. The van der Waals surface area contributed by atoms with Gasteiger partial charge in [-0.15, -0.1) is 0 Å². The number of fused-ring (bicyclic) bond motifs is 1. The highest BCUT2D eigenvalue weighted by Crippen LogP contribution is 2.39. The van der Waals surface area contributed by atoms with Crippen LogP contribution in [0.1, 0.15) is 39.0 Å². The molecule has 2 aromatic carbocycles. The van der Waals surface area contributed by atoms with Crippen LogP contribution in [0.5, 0.6) is 0 Å². The molecule has 31 heavy (non-hydrogen) atoms. The number of benzene rings is 2. The van der Waals surface area contributed by atoms with Crippen molar-refractivity contribution in [3.63, 3.8) is 0 Å². The second-order valence-electron chi connectivity index (χ2n) is 7.84. The van der Waals surface area contributed by atoms with Gasteiger partial charge in [-0.3, -0.25) is 14.3 Å². The fraction of sp³-hybridized carbons (Fsp3) is 0.292. The van der Waals surface area contributed by atoms with Crippen LogP contribution in [0.2, 0.25) is 0 Å². The second kappa shape index (κ2) is 8.26. The molecule has 0 fully saturated rings. The van der Waals surface area contributed by atoms with E-state index in [1.165, 1.54) is 0 Å². The van der Waals surface area contributed by atoms with Crippen LogP contribution in [0.25, 0.3) is 0 Å². The molecule has 4 rings (SSSR count). The van der Waals surface area contributed by atoms with Gasteiger partial charge in [-0.05, 0) is 31.5 Å². The van der Waals surface area contributed by atoms with Gasteiger partial charge in [0.25, 0.3) is 5.91 Å². The Morgan fingerprint density at radius 3 is 2.45 bits per heavy atom. The number of rotatable bonds is 5. The predicted octanol–water partition coefficient (Wildman–Crippen LogP) is 2.89. The molecular formula is C24H27N5O2. The van der Waals surface area contributed by atoms with Crippen molar-refractivity contribution in [3.05, 3.63) is 82.7 Å². The summed E-state index contributed by atoms with van der Waals surface area (Å²) in [4.78, 5) is 29.3. The summed E-state index contributed by atoms with van der Waals surface area (Å²) in [6, 6.07) is 17.6. The number of nitrogens with zero attached hydrogens (tertiary/aromatic N) is 4. The molecule has 7 heteroatoms. The Hall–Kier alpha value is -3.61. The first-order chi connectivity index (χ1) is 14.9. The average Bonchev–Trinajstić information content (AvgIpc) is 3.05. The maximum Gasteiger partial charge on any atom is 0.257 e. The van der Waals surface area contributed by atoms with E-state index in [9.17, 15) is 9.59 Å². The first-order valence-corrected chi connectivity index (χ1v) is 10.3. The van der Waals surface area contributed by atoms with Gasteiger partial charge < -0.3 is 15.1 Å². The molecule has 0 saturated carbocycles. The van der Waals surface area contributed by atoms with E-state index in [1.807, 2.05) is 59.8 Å². The third kappa shape index (κ3) is 3.67. The van der Waals surface area contributed by atoms with Crippen LogP contribution in [-0.4, -0.2) is 47.1 Å². The van der Waals surface area contributed by atoms with Gasteiger partial charge in [0.1, 0.15) is 6.17 Å². The lowest BCUT2D eigenvalue weighted by atomic mass is 10.00. The Morgan fingerprint density at radius 1 is 1.06 bits per heavy atom. The summed E-state index contributed by atoms with van der Waals surface area (Å²) in [6.07, 6.45) is -0.427. The van der Waals surface area contributed by atoms with Gasteiger partial charge in [0.05, 0.1) is 30.0 Å². The van der Waals surface area contributed by atoms with Crippen LogP contribution in [-0.2, 0) is 11.3 Å². The molecule has 0 aliphatic carbocycles. The summed E-state index contributed by atoms with van der Waals surface area (Å²) in [5.74, 6) is -0.182. The summed E-state index contributed by atoms with van der Waals surface area (Å²) in [5.41, 5.74) is 5.28. The fourth-order valence-electron chi connectivity index (χ4n) is 4.30. The summed E-state index contributed by atoms with van der Waals surface area (Å²) in [6.45, 7) is 4.76. The van der Waals surface area contributed by atoms with Gasteiger partial charge in [-0.1, -0.05) is 42.5 Å². The SMILES string of the molecule is CNC(=O)CN1c2ccccc2C(=O)N(C)C1c1c(C)nn(Cc2ccccc2)c1C. The molecule has 2 heterocycles. The number of amides is 2. The van der Waals surface area contributed by atoms with Crippen molar-refractivity contribution < 1.29 is 9.59 Å². The maximum atomic E-state index is 13.2. The van der Waals surface area contributed by atoms with Crippen molar-refractivity contribution >= 4 is 17.5 Å². The van der Waals surface area contributed by atoms with E-state index in [0.29, 0.717) is 12.1 Å². The number of carbonyl (C=O) groups excluding carboxylic acids is 2. The molecule has 1 atom stereocenters. The van der Waals surface area contributed by atoms with Crippen LogP contribution in [0.3, 0.4) is 0 Å². The first kappa shape index (κ1) is 20.7. The zero-order valence-electron chi connectivity index (χ0n) is 18.3. The molecule has 160 valence electrons.